The number of aryl methyl sites for hydroxylation is 1. The van der Waals surface area contributed by atoms with Crippen LogP contribution in [-0.4, -0.2) is 27.4 Å². The van der Waals surface area contributed by atoms with Gasteiger partial charge in [0.1, 0.15) is 5.82 Å². The number of nitro benzene ring substituents is 1. The second-order valence-corrected chi connectivity index (χ2v) is 4.37. The second kappa shape index (κ2) is 6.04. The number of hydrogen-bond donors (Lipinski definition) is 2. The molecule has 2 rings (SSSR count). The minimum atomic E-state index is -0.533. The number of imidazole rings is 1. The summed E-state index contributed by atoms with van der Waals surface area (Å²) in [7, 11) is 3.47. The Morgan fingerprint density at radius 2 is 2.24 bits per heavy atom. The van der Waals surface area contributed by atoms with Gasteiger partial charge in [-0.05, 0) is 6.07 Å². The van der Waals surface area contributed by atoms with Crippen molar-refractivity contribution in [3.63, 3.8) is 0 Å². The molecule has 0 aliphatic rings. The molecule has 2 aromatic rings. The third-order valence-corrected chi connectivity index (χ3v) is 3.06. The lowest BCUT2D eigenvalue weighted by Gasteiger charge is -2.09. The molecule has 0 saturated heterocycles. The Labute approximate surface area is 121 Å². The Kier molecular flexibility index (Phi) is 4.17. The number of rotatable bonds is 5. The molecular weight excluding hydrogens is 274 g/mol. The molecule has 8 nitrogen and oxygen atoms in total. The summed E-state index contributed by atoms with van der Waals surface area (Å²) in [5.41, 5.74) is 0.620. The molecule has 1 aromatic carbocycles. The smallest absolute Gasteiger partial charge is 0.270 e. The Morgan fingerprint density at radius 3 is 2.81 bits per heavy atom. The van der Waals surface area contributed by atoms with Gasteiger partial charge in [0.2, 0.25) is 0 Å². The molecule has 0 atom stereocenters. The Bertz CT molecular complexity index is 680. The fraction of sp³-hybridized carbons (Fsp3) is 0.231. The predicted octanol–water partition coefficient (Wildman–Crippen LogP) is 1.30. The molecule has 2 N–H and O–H groups in total. The van der Waals surface area contributed by atoms with Gasteiger partial charge in [0.15, 0.2) is 0 Å². The molecule has 110 valence electrons. The molecule has 1 heterocycles. The molecule has 0 saturated carbocycles. The first kappa shape index (κ1) is 14.5. The lowest BCUT2D eigenvalue weighted by Crippen LogP contribution is -2.25. The fourth-order valence-corrected chi connectivity index (χ4v) is 1.87. The first-order valence-corrected chi connectivity index (χ1v) is 6.23. The lowest BCUT2D eigenvalue weighted by molar-refractivity contribution is -0.384. The van der Waals surface area contributed by atoms with E-state index >= 15 is 0 Å². The van der Waals surface area contributed by atoms with Crippen LogP contribution in [0.4, 0.5) is 11.4 Å². The maximum Gasteiger partial charge on any atom is 0.270 e. The lowest BCUT2D eigenvalue weighted by atomic mass is 10.1. The van der Waals surface area contributed by atoms with Gasteiger partial charge < -0.3 is 15.2 Å². The van der Waals surface area contributed by atoms with E-state index in [1.54, 1.807) is 24.0 Å². The van der Waals surface area contributed by atoms with Gasteiger partial charge in [0.05, 0.1) is 17.0 Å². The standard InChI is InChI=1S/C13H15N5O3/c1-14-11-4-3-9(18(20)21)7-10(11)13(19)16-8-12-15-5-6-17(12)2/h3-7,14H,8H2,1-2H3,(H,16,19). The van der Waals surface area contributed by atoms with Crippen molar-refractivity contribution >= 4 is 17.3 Å². The minimum absolute atomic E-state index is 0.129. The third kappa shape index (κ3) is 3.16. The van der Waals surface area contributed by atoms with Crippen LogP contribution in [0.5, 0.6) is 0 Å². The number of nitro groups is 1. The maximum absolute atomic E-state index is 12.2. The van der Waals surface area contributed by atoms with E-state index in [2.05, 4.69) is 15.6 Å². The van der Waals surface area contributed by atoms with Crippen LogP contribution in [0.1, 0.15) is 16.2 Å². The zero-order chi connectivity index (χ0) is 15.4. The molecule has 1 amide bonds. The van der Waals surface area contributed by atoms with Gasteiger partial charge in [0, 0.05) is 44.3 Å². The molecule has 0 aliphatic carbocycles. The molecule has 0 fully saturated rings. The number of benzene rings is 1. The zero-order valence-corrected chi connectivity index (χ0v) is 11.7. The number of non-ortho nitro benzene ring substituents is 1. The number of carbonyl (C=O) groups is 1. The van der Waals surface area contributed by atoms with Gasteiger partial charge in [0.25, 0.3) is 11.6 Å². The number of carbonyl (C=O) groups excluding carboxylic acids is 1. The fourth-order valence-electron chi connectivity index (χ4n) is 1.87. The Balaban J connectivity index is 2.19. The van der Waals surface area contributed by atoms with Crippen LogP contribution in [0.2, 0.25) is 0 Å². The largest absolute Gasteiger partial charge is 0.387 e. The van der Waals surface area contributed by atoms with E-state index in [4.69, 9.17) is 0 Å². The van der Waals surface area contributed by atoms with Crippen molar-refractivity contribution in [3.8, 4) is 0 Å². The van der Waals surface area contributed by atoms with Crippen LogP contribution >= 0.6 is 0 Å². The van der Waals surface area contributed by atoms with E-state index in [-0.39, 0.29) is 17.8 Å². The minimum Gasteiger partial charge on any atom is -0.387 e. The summed E-state index contributed by atoms with van der Waals surface area (Å²) in [5, 5.41) is 16.3. The van der Waals surface area contributed by atoms with Crippen molar-refractivity contribution in [1.82, 2.24) is 14.9 Å². The van der Waals surface area contributed by atoms with Crippen LogP contribution in [0.25, 0.3) is 0 Å². The van der Waals surface area contributed by atoms with Crippen molar-refractivity contribution in [1.29, 1.82) is 0 Å². The zero-order valence-electron chi connectivity index (χ0n) is 11.7. The van der Waals surface area contributed by atoms with E-state index < -0.39 is 10.8 Å². The van der Waals surface area contributed by atoms with Gasteiger partial charge in [-0.25, -0.2) is 4.98 Å². The van der Waals surface area contributed by atoms with Gasteiger partial charge in [-0.3, -0.25) is 14.9 Å². The summed E-state index contributed by atoms with van der Waals surface area (Å²) in [6.07, 6.45) is 3.40. The number of nitrogens with one attached hydrogen (secondary N) is 2. The molecule has 0 bridgehead atoms. The van der Waals surface area contributed by atoms with Crippen molar-refractivity contribution in [2.24, 2.45) is 7.05 Å². The summed E-state index contributed by atoms with van der Waals surface area (Å²) in [4.78, 5) is 26.6. The maximum atomic E-state index is 12.2. The highest BCUT2D eigenvalue weighted by atomic mass is 16.6. The summed E-state index contributed by atoms with van der Waals surface area (Å²) in [6, 6.07) is 4.11. The second-order valence-electron chi connectivity index (χ2n) is 4.37. The number of hydrogen-bond acceptors (Lipinski definition) is 5. The van der Waals surface area contributed by atoms with E-state index in [0.29, 0.717) is 11.5 Å². The molecular formula is C13H15N5O3. The first-order valence-electron chi connectivity index (χ1n) is 6.23. The molecule has 1 aromatic heterocycles. The number of aromatic nitrogens is 2. The summed E-state index contributed by atoms with van der Waals surface area (Å²) < 4.78 is 1.78. The highest BCUT2D eigenvalue weighted by Gasteiger charge is 2.16. The van der Waals surface area contributed by atoms with Crippen molar-refractivity contribution in [3.05, 3.63) is 52.1 Å². The highest BCUT2D eigenvalue weighted by Crippen LogP contribution is 2.21. The third-order valence-electron chi connectivity index (χ3n) is 3.06. The van der Waals surface area contributed by atoms with Crippen molar-refractivity contribution in [2.45, 2.75) is 6.54 Å². The van der Waals surface area contributed by atoms with Gasteiger partial charge in [-0.1, -0.05) is 0 Å². The predicted molar refractivity (Wildman–Crippen MR) is 77.0 cm³/mol. The van der Waals surface area contributed by atoms with Gasteiger partial charge in [-0.15, -0.1) is 0 Å². The van der Waals surface area contributed by atoms with Crippen molar-refractivity contribution in [2.75, 3.05) is 12.4 Å². The van der Waals surface area contributed by atoms with Gasteiger partial charge >= 0.3 is 0 Å². The molecule has 21 heavy (non-hydrogen) atoms. The van der Waals surface area contributed by atoms with Crippen molar-refractivity contribution < 1.29 is 9.72 Å². The van der Waals surface area contributed by atoms with Crippen LogP contribution < -0.4 is 10.6 Å². The van der Waals surface area contributed by atoms with E-state index in [1.807, 2.05) is 7.05 Å². The molecule has 0 spiro atoms. The normalized spacial score (nSPS) is 10.2. The first-order chi connectivity index (χ1) is 10.0. The van der Waals surface area contributed by atoms with E-state index in [9.17, 15) is 14.9 Å². The summed E-state index contributed by atoms with van der Waals surface area (Å²) in [6.45, 7) is 0.244. The van der Waals surface area contributed by atoms with Crippen LogP contribution in [0.3, 0.4) is 0 Å². The molecule has 8 heteroatoms. The van der Waals surface area contributed by atoms with Crippen LogP contribution in [-0.2, 0) is 13.6 Å². The van der Waals surface area contributed by atoms with Gasteiger partial charge in [-0.2, -0.15) is 0 Å². The average Bonchev–Trinajstić information content (AvgIpc) is 2.89. The molecule has 0 unspecified atom stereocenters. The van der Waals surface area contributed by atoms with Crippen LogP contribution in [0.15, 0.2) is 30.6 Å². The number of nitrogens with zero attached hydrogens (tertiary/aromatic N) is 3. The highest BCUT2D eigenvalue weighted by molar-refractivity contribution is 6.00. The van der Waals surface area contributed by atoms with E-state index in [1.165, 1.54) is 18.2 Å². The number of amides is 1. The average molecular weight is 289 g/mol. The van der Waals surface area contributed by atoms with Crippen LogP contribution in [0, 0.1) is 10.1 Å². The summed E-state index contributed by atoms with van der Waals surface area (Å²) in [5.74, 6) is 0.297. The topological polar surface area (TPSA) is 102 Å². The SMILES string of the molecule is CNc1ccc([N+](=O)[O-])cc1C(=O)NCc1nccn1C. The Morgan fingerprint density at radius 1 is 1.48 bits per heavy atom. The quantitative estimate of drug-likeness (QED) is 0.638. The van der Waals surface area contributed by atoms with E-state index in [0.717, 1.165) is 0 Å². The summed E-state index contributed by atoms with van der Waals surface area (Å²) >= 11 is 0. The molecule has 0 radical (unpaired) electrons. The molecule has 0 aliphatic heterocycles. The monoisotopic (exact) mass is 289 g/mol. The Hall–Kier alpha value is -2.90. The number of anilines is 1.